The van der Waals surface area contributed by atoms with Gasteiger partial charge in [-0.25, -0.2) is 17.1 Å². The number of benzene rings is 2. The van der Waals surface area contributed by atoms with E-state index in [0.29, 0.717) is 11.3 Å². The molecule has 3 aliphatic rings. The van der Waals surface area contributed by atoms with Gasteiger partial charge < -0.3 is 38.9 Å². The molecule has 3 heterocycles. The van der Waals surface area contributed by atoms with Crippen LogP contribution in [0.4, 0.5) is 10.1 Å². The summed E-state index contributed by atoms with van der Waals surface area (Å²) in [7, 11) is -5.21. The van der Waals surface area contributed by atoms with Crippen LogP contribution in [0, 0.1) is 5.82 Å². The second-order valence-corrected chi connectivity index (χ2v) is 14.1. The molecule has 0 radical (unpaired) electrons. The Morgan fingerprint density at radius 1 is 1.06 bits per heavy atom. The number of fused-ring (bicyclic) bond motifs is 1. The van der Waals surface area contributed by atoms with Crippen molar-refractivity contribution >= 4 is 73.0 Å². The molecule has 0 spiro atoms. The summed E-state index contributed by atoms with van der Waals surface area (Å²) in [5.41, 5.74) is -0.742. The van der Waals surface area contributed by atoms with E-state index in [9.17, 15) is 37.3 Å². The van der Waals surface area contributed by atoms with Crippen LogP contribution in [0.25, 0.3) is 10.9 Å². The Hall–Kier alpha value is -2.26. The second-order valence-electron chi connectivity index (χ2n) is 11.1. The largest absolute Gasteiger partial charge is 1.00 e. The SMILES string of the molecule is O=C(COc1ccccc1)N[C@H]1C(=O)N(S(=O)(=O)[O-])C1SC(=S)N1CCN(c2cc3c(cc2F)c(=O)c(C(=O)[O-])cn3C2CC2)CC1.[Na+].[Na+]. The number of para-hydroxylation sites is 1. The predicted octanol–water partition coefficient (Wildman–Crippen LogP) is -5.82. The van der Waals surface area contributed by atoms with Crippen molar-refractivity contribution in [2.24, 2.45) is 0 Å². The number of anilines is 1. The quantitative estimate of drug-likeness (QED) is 0.0946. The number of carbonyl (C=O) groups is 3. The summed E-state index contributed by atoms with van der Waals surface area (Å²) in [4.78, 5) is 52.8. The zero-order valence-corrected chi connectivity index (χ0v) is 32.8. The first-order valence-corrected chi connectivity index (χ1v) is 17.1. The summed E-state index contributed by atoms with van der Waals surface area (Å²) in [5.74, 6) is -3.74. The molecule has 2 saturated heterocycles. The van der Waals surface area contributed by atoms with Gasteiger partial charge in [0.1, 0.15) is 27.3 Å². The van der Waals surface area contributed by atoms with Gasteiger partial charge in [0.15, 0.2) is 22.3 Å². The minimum absolute atomic E-state index is 0. The third-order valence-electron chi connectivity index (χ3n) is 8.03. The van der Waals surface area contributed by atoms with E-state index in [1.165, 1.54) is 12.3 Å². The Morgan fingerprint density at radius 2 is 1.71 bits per heavy atom. The molecule has 14 nitrogen and oxygen atoms in total. The maximum atomic E-state index is 15.4. The Morgan fingerprint density at radius 3 is 2.31 bits per heavy atom. The van der Waals surface area contributed by atoms with Gasteiger partial charge in [-0.15, -0.1) is 0 Å². The summed E-state index contributed by atoms with van der Waals surface area (Å²) in [6, 6.07) is 9.62. The number of β-lactam (4-membered cyclic amide) rings is 1. The first kappa shape index (κ1) is 39.5. The third-order valence-corrected chi connectivity index (χ3v) is 10.8. The van der Waals surface area contributed by atoms with Crippen LogP contribution < -0.4 is 84.6 Å². The molecule has 1 unspecified atom stereocenters. The number of ether oxygens (including phenoxy) is 1. The molecule has 1 aliphatic carbocycles. The van der Waals surface area contributed by atoms with Crippen LogP contribution in [0.15, 0.2) is 53.5 Å². The molecule has 6 rings (SSSR count). The number of halogens is 1. The van der Waals surface area contributed by atoms with E-state index in [0.717, 1.165) is 30.7 Å². The van der Waals surface area contributed by atoms with E-state index in [1.54, 1.807) is 44.7 Å². The number of aromatic nitrogens is 1. The van der Waals surface area contributed by atoms with Gasteiger partial charge in [0.2, 0.25) is 0 Å². The number of thiocarbonyl (C=S) groups is 1. The van der Waals surface area contributed by atoms with Crippen molar-refractivity contribution < 1.29 is 101 Å². The monoisotopic (exact) mass is 749 g/mol. The molecule has 2 aromatic carbocycles. The number of carboxylic acids is 1. The number of nitrogens with zero attached hydrogens (tertiary/aromatic N) is 4. The molecule has 49 heavy (non-hydrogen) atoms. The molecular weight excluding hydrogens is 724 g/mol. The van der Waals surface area contributed by atoms with Gasteiger partial charge in [0, 0.05) is 43.8 Å². The van der Waals surface area contributed by atoms with Crippen LogP contribution in [0.3, 0.4) is 0 Å². The predicted molar refractivity (Wildman–Crippen MR) is 169 cm³/mol. The van der Waals surface area contributed by atoms with E-state index in [2.05, 4.69) is 5.32 Å². The Balaban J connectivity index is 0.00000270. The summed E-state index contributed by atoms with van der Waals surface area (Å²) >= 11 is 6.28. The van der Waals surface area contributed by atoms with Crippen LogP contribution in [0.1, 0.15) is 29.2 Å². The number of aromatic carboxylic acids is 1. The molecular formula is C29H26FN5Na2O9S3. The number of piperazine rings is 1. The normalized spacial score (nSPS) is 19.0. The molecule has 20 heteroatoms. The Kier molecular flexibility index (Phi) is 12.9. The molecule has 1 aromatic heterocycles. The van der Waals surface area contributed by atoms with Crippen LogP contribution in [-0.2, 0) is 19.9 Å². The van der Waals surface area contributed by atoms with Crippen molar-refractivity contribution in [2.75, 3.05) is 37.7 Å². The fraction of sp³-hybridized carbons (Fsp3) is 0.345. The first-order chi connectivity index (χ1) is 22.3. The number of hydrogen-bond donors (Lipinski definition) is 1. The molecule has 0 bridgehead atoms. The molecule has 2 aliphatic heterocycles. The van der Waals surface area contributed by atoms with Gasteiger partial charge in [-0.2, -0.15) is 0 Å². The minimum Gasteiger partial charge on any atom is -0.731 e. The van der Waals surface area contributed by atoms with E-state index in [4.69, 9.17) is 17.0 Å². The van der Waals surface area contributed by atoms with E-state index in [-0.39, 0.29) is 111 Å². The van der Waals surface area contributed by atoms with Crippen molar-refractivity contribution in [1.29, 1.82) is 0 Å². The number of nitrogens with one attached hydrogen (secondary N) is 1. The van der Waals surface area contributed by atoms with Gasteiger partial charge in [0.05, 0.1) is 22.7 Å². The van der Waals surface area contributed by atoms with E-state index in [1.807, 2.05) is 0 Å². The topological polar surface area (TPSA) is 184 Å². The number of thioether (sulfide) groups is 1. The van der Waals surface area contributed by atoms with Crippen molar-refractivity contribution in [2.45, 2.75) is 30.3 Å². The zero-order chi connectivity index (χ0) is 33.6. The zero-order valence-electron chi connectivity index (χ0n) is 26.4. The fourth-order valence-corrected chi connectivity index (χ4v) is 8.21. The molecule has 1 N–H and O–H groups in total. The molecule has 2 amide bonds. The van der Waals surface area contributed by atoms with Gasteiger partial charge >= 0.3 is 59.1 Å². The fourth-order valence-electron chi connectivity index (χ4n) is 5.51. The molecule has 248 valence electrons. The van der Waals surface area contributed by atoms with Crippen molar-refractivity contribution in [1.82, 2.24) is 19.1 Å². The minimum atomic E-state index is -5.21. The van der Waals surface area contributed by atoms with Gasteiger partial charge in [-0.1, -0.05) is 42.2 Å². The number of rotatable bonds is 9. The molecule has 3 fully saturated rings. The van der Waals surface area contributed by atoms with Crippen LogP contribution in [0.5, 0.6) is 5.75 Å². The van der Waals surface area contributed by atoms with Gasteiger partial charge in [-0.3, -0.25) is 14.4 Å². The summed E-state index contributed by atoms with van der Waals surface area (Å²) < 4.78 is 58.3. The van der Waals surface area contributed by atoms with Gasteiger partial charge in [0.25, 0.3) is 11.8 Å². The summed E-state index contributed by atoms with van der Waals surface area (Å²) in [5, 5.41) is 12.6. The number of pyridine rings is 1. The Bertz CT molecular complexity index is 1960. The summed E-state index contributed by atoms with van der Waals surface area (Å²) in [6.07, 6.45) is 2.82. The summed E-state index contributed by atoms with van der Waals surface area (Å²) in [6.45, 7) is 0.585. The maximum absolute atomic E-state index is 15.4. The van der Waals surface area contributed by atoms with Crippen LogP contribution >= 0.6 is 24.0 Å². The van der Waals surface area contributed by atoms with E-state index < -0.39 is 62.9 Å². The standard InChI is InChI=1S/C29H28FN5O9S3.2Na/c30-20-12-18-21(34(16-6-7-16)14-19(25(18)37)28(39)40)13-22(20)32-8-10-33(11-9-32)29(45)46-27-24(26(38)35(27)47(41,42)43)31-23(36)15-44-17-4-2-1-3-5-17;;/h1-5,12-14,16,24,27H,6-11,15H2,(H,31,36)(H,39,40)(H,41,42,43);;/q;2*+1/p-2/t24-,27?;;/m0../s1. The average molecular weight is 750 g/mol. The molecule has 2 atom stereocenters. The van der Waals surface area contributed by atoms with Crippen molar-refractivity contribution in [3.05, 3.63) is 70.3 Å². The average Bonchev–Trinajstić information content (AvgIpc) is 3.88. The van der Waals surface area contributed by atoms with Crippen LogP contribution in [-0.4, -0.2) is 93.0 Å². The molecule has 3 aromatic rings. The van der Waals surface area contributed by atoms with E-state index >= 15 is 4.39 Å². The Labute approximate surface area is 333 Å². The van der Waals surface area contributed by atoms with Gasteiger partial charge in [-0.05, 0) is 37.1 Å². The van der Waals surface area contributed by atoms with Crippen LogP contribution in [0.2, 0.25) is 0 Å². The number of hydrogen-bond acceptors (Lipinski definition) is 12. The third kappa shape index (κ3) is 8.45. The number of amides is 2. The first-order valence-electron chi connectivity index (χ1n) is 14.4. The number of carbonyl (C=O) groups excluding carboxylic acids is 3. The van der Waals surface area contributed by atoms with Crippen molar-refractivity contribution in [3.8, 4) is 5.75 Å². The molecule has 1 saturated carbocycles. The smallest absolute Gasteiger partial charge is 0.731 e. The second kappa shape index (κ2) is 16.0. The number of carboxylic acid groups (broad SMARTS) is 1. The van der Waals surface area contributed by atoms with Crippen molar-refractivity contribution in [3.63, 3.8) is 0 Å². The maximum Gasteiger partial charge on any atom is 1.00 e.